The lowest BCUT2D eigenvalue weighted by atomic mass is 9.63. The van der Waals surface area contributed by atoms with E-state index in [9.17, 15) is 14.0 Å². The Kier molecular flexibility index (Phi) is 7.77. The van der Waals surface area contributed by atoms with Crippen LogP contribution < -0.4 is 0 Å². The predicted molar refractivity (Wildman–Crippen MR) is 151 cm³/mol. The highest BCUT2D eigenvalue weighted by Crippen LogP contribution is 2.48. The number of likely N-dealkylation sites (tertiary alicyclic amines) is 2. The standard InChI is InChI=1S/C32H48FN3O3/c1-30(2,3)35-19-26(23-11-13-25(33)14-12-23)27(20-35)28(37)34-17-15-32(16-18-34,24-9-7-6-8-10-24)21-36-29(38)39-22-31(36,4)5/h11-14,24,26-27H,6-10,15-22H2,1-5H3/t26-,27+/m0/s1. The molecule has 0 bridgehead atoms. The van der Waals surface area contributed by atoms with E-state index in [1.165, 1.54) is 44.2 Å². The normalized spacial score (nSPS) is 28.1. The first-order valence-electron chi connectivity index (χ1n) is 15.1. The first kappa shape index (κ1) is 28.4. The predicted octanol–water partition coefficient (Wildman–Crippen LogP) is 6.06. The number of hydrogen-bond donors (Lipinski definition) is 0. The number of benzene rings is 1. The molecule has 0 unspecified atom stereocenters. The SMILES string of the molecule is CC(C)(C)N1C[C@@H](C(=O)N2CCC(CN3C(=O)OCC3(C)C)(C3CCCCC3)CC2)[C@H](c2ccc(F)cc2)C1. The van der Waals surface area contributed by atoms with Crippen molar-refractivity contribution < 1.29 is 18.7 Å². The van der Waals surface area contributed by atoms with Crippen LogP contribution in [0.4, 0.5) is 9.18 Å². The molecule has 7 heteroatoms. The minimum Gasteiger partial charge on any atom is -0.447 e. The van der Waals surface area contributed by atoms with Gasteiger partial charge in [-0.3, -0.25) is 14.6 Å². The van der Waals surface area contributed by atoms with Crippen molar-refractivity contribution >= 4 is 12.0 Å². The Morgan fingerprint density at radius 3 is 2.23 bits per heavy atom. The number of ether oxygens (including phenoxy) is 1. The lowest BCUT2D eigenvalue weighted by molar-refractivity contribution is -0.139. The number of nitrogens with zero attached hydrogens (tertiary/aromatic N) is 3. The summed E-state index contributed by atoms with van der Waals surface area (Å²) in [7, 11) is 0. The van der Waals surface area contributed by atoms with Gasteiger partial charge in [0, 0.05) is 44.2 Å². The Morgan fingerprint density at radius 2 is 1.67 bits per heavy atom. The third-order valence-corrected chi connectivity index (χ3v) is 10.4. The Balaban J connectivity index is 1.34. The summed E-state index contributed by atoms with van der Waals surface area (Å²) in [5.74, 6) is 0.496. The van der Waals surface area contributed by atoms with Crippen molar-refractivity contribution in [3.63, 3.8) is 0 Å². The molecule has 1 aromatic carbocycles. The zero-order valence-corrected chi connectivity index (χ0v) is 24.7. The summed E-state index contributed by atoms with van der Waals surface area (Å²) < 4.78 is 19.2. The smallest absolute Gasteiger partial charge is 0.410 e. The van der Waals surface area contributed by atoms with Gasteiger partial charge in [0.2, 0.25) is 5.91 Å². The summed E-state index contributed by atoms with van der Waals surface area (Å²) in [5.41, 5.74) is 0.739. The number of amides is 2. The topological polar surface area (TPSA) is 53.1 Å². The van der Waals surface area contributed by atoms with Gasteiger partial charge >= 0.3 is 6.09 Å². The molecule has 1 saturated carbocycles. The van der Waals surface area contributed by atoms with Gasteiger partial charge in [0.05, 0.1) is 11.5 Å². The second-order valence-corrected chi connectivity index (χ2v) is 14.3. The summed E-state index contributed by atoms with van der Waals surface area (Å²) in [6.07, 6.45) is 7.91. The van der Waals surface area contributed by atoms with E-state index < -0.39 is 0 Å². The molecular weight excluding hydrogens is 493 g/mol. The molecule has 2 atom stereocenters. The van der Waals surface area contributed by atoms with Crippen molar-refractivity contribution in [3.05, 3.63) is 35.6 Å². The third kappa shape index (κ3) is 5.71. The van der Waals surface area contributed by atoms with Crippen LogP contribution in [0.2, 0.25) is 0 Å². The second kappa shape index (κ2) is 10.7. The molecule has 0 N–H and O–H groups in total. The van der Waals surface area contributed by atoms with Crippen molar-refractivity contribution in [1.82, 2.24) is 14.7 Å². The van der Waals surface area contributed by atoms with Crippen LogP contribution in [0, 0.1) is 23.1 Å². The van der Waals surface area contributed by atoms with Gasteiger partial charge in [-0.2, -0.15) is 0 Å². The maximum Gasteiger partial charge on any atom is 0.410 e. The maximum atomic E-state index is 14.2. The Labute approximate surface area is 234 Å². The van der Waals surface area contributed by atoms with E-state index in [2.05, 4.69) is 44.4 Å². The molecule has 6 nitrogen and oxygen atoms in total. The molecule has 1 aliphatic carbocycles. The van der Waals surface area contributed by atoms with Crippen LogP contribution in [-0.2, 0) is 9.53 Å². The average molecular weight is 542 g/mol. The molecule has 3 aliphatic heterocycles. The van der Waals surface area contributed by atoms with Crippen LogP contribution in [-0.4, -0.2) is 77.1 Å². The number of cyclic esters (lactones) is 1. The van der Waals surface area contributed by atoms with E-state index >= 15 is 0 Å². The van der Waals surface area contributed by atoms with Gasteiger partial charge in [-0.05, 0) is 89.3 Å². The van der Waals surface area contributed by atoms with Crippen LogP contribution in [0.15, 0.2) is 24.3 Å². The van der Waals surface area contributed by atoms with Gasteiger partial charge in [-0.15, -0.1) is 0 Å². The number of carbonyl (C=O) groups excluding carboxylic acids is 2. The van der Waals surface area contributed by atoms with Crippen molar-refractivity contribution in [2.45, 2.75) is 96.6 Å². The highest BCUT2D eigenvalue weighted by molar-refractivity contribution is 5.81. The van der Waals surface area contributed by atoms with Crippen LogP contribution >= 0.6 is 0 Å². The largest absolute Gasteiger partial charge is 0.447 e. The number of rotatable bonds is 5. The van der Waals surface area contributed by atoms with Crippen LogP contribution in [0.3, 0.4) is 0 Å². The summed E-state index contributed by atoms with van der Waals surface area (Å²) in [5, 5.41) is 0. The van der Waals surface area contributed by atoms with E-state index in [1.807, 2.05) is 17.0 Å². The molecule has 0 spiro atoms. The van der Waals surface area contributed by atoms with E-state index in [1.54, 1.807) is 0 Å². The third-order valence-electron chi connectivity index (χ3n) is 10.4. The highest BCUT2D eigenvalue weighted by atomic mass is 19.1. The van der Waals surface area contributed by atoms with Crippen LogP contribution in [0.5, 0.6) is 0 Å². The first-order chi connectivity index (χ1) is 18.4. The van der Waals surface area contributed by atoms with E-state index in [4.69, 9.17) is 4.74 Å². The Bertz CT molecular complexity index is 1040. The summed E-state index contributed by atoms with van der Waals surface area (Å²) in [6, 6.07) is 6.74. The molecule has 3 saturated heterocycles. The second-order valence-electron chi connectivity index (χ2n) is 14.3. The van der Waals surface area contributed by atoms with Gasteiger partial charge in [-0.1, -0.05) is 31.4 Å². The molecule has 5 rings (SSSR count). The molecular formula is C32H48FN3O3. The van der Waals surface area contributed by atoms with E-state index in [0.29, 0.717) is 12.5 Å². The van der Waals surface area contributed by atoms with E-state index in [-0.39, 0.29) is 46.1 Å². The zero-order chi connectivity index (χ0) is 28.0. The van der Waals surface area contributed by atoms with Crippen molar-refractivity contribution in [2.75, 3.05) is 39.3 Å². The van der Waals surface area contributed by atoms with Gasteiger partial charge in [0.15, 0.2) is 0 Å². The van der Waals surface area contributed by atoms with Gasteiger partial charge in [0.25, 0.3) is 0 Å². The highest BCUT2D eigenvalue weighted by Gasteiger charge is 2.50. The minimum absolute atomic E-state index is 0.0291. The molecule has 3 heterocycles. The average Bonchev–Trinajstić information content (AvgIpc) is 3.47. The fourth-order valence-electron chi connectivity index (χ4n) is 7.70. The van der Waals surface area contributed by atoms with Crippen molar-refractivity contribution in [1.29, 1.82) is 0 Å². The van der Waals surface area contributed by atoms with Crippen LogP contribution in [0.25, 0.3) is 0 Å². The zero-order valence-electron chi connectivity index (χ0n) is 24.7. The quantitative estimate of drug-likeness (QED) is 0.455. The number of hydrogen-bond acceptors (Lipinski definition) is 4. The summed E-state index contributed by atoms with van der Waals surface area (Å²) >= 11 is 0. The number of piperidine rings is 1. The van der Waals surface area contributed by atoms with Crippen molar-refractivity contribution in [2.24, 2.45) is 17.3 Å². The van der Waals surface area contributed by atoms with Gasteiger partial charge in [0.1, 0.15) is 12.4 Å². The van der Waals surface area contributed by atoms with Crippen LogP contribution in [0.1, 0.15) is 91.0 Å². The summed E-state index contributed by atoms with van der Waals surface area (Å²) in [4.78, 5) is 33.4. The fourth-order valence-corrected chi connectivity index (χ4v) is 7.70. The number of carbonyl (C=O) groups is 2. The molecule has 1 aromatic rings. The van der Waals surface area contributed by atoms with E-state index in [0.717, 1.165) is 51.1 Å². The molecule has 4 aliphatic rings. The fraction of sp³-hybridized carbons (Fsp3) is 0.750. The molecule has 4 fully saturated rings. The Morgan fingerprint density at radius 1 is 1.03 bits per heavy atom. The summed E-state index contributed by atoms with van der Waals surface area (Å²) in [6.45, 7) is 15.0. The maximum absolute atomic E-state index is 14.2. The van der Waals surface area contributed by atoms with Crippen molar-refractivity contribution in [3.8, 4) is 0 Å². The lowest BCUT2D eigenvalue weighted by Crippen LogP contribution is -2.55. The number of halogens is 1. The Hall–Kier alpha value is -2.15. The van der Waals surface area contributed by atoms with Gasteiger partial charge < -0.3 is 9.64 Å². The lowest BCUT2D eigenvalue weighted by Gasteiger charge is -2.51. The minimum atomic E-state index is -0.297. The molecule has 0 aromatic heterocycles. The van der Waals surface area contributed by atoms with Gasteiger partial charge in [-0.25, -0.2) is 9.18 Å². The monoisotopic (exact) mass is 541 g/mol. The molecule has 2 amide bonds. The first-order valence-corrected chi connectivity index (χ1v) is 15.1. The molecule has 39 heavy (non-hydrogen) atoms. The molecule has 0 radical (unpaired) electrons. The molecule has 216 valence electrons.